The highest BCUT2D eigenvalue weighted by molar-refractivity contribution is 8.01. The lowest BCUT2D eigenvalue weighted by molar-refractivity contribution is 0.324. The van der Waals surface area contributed by atoms with Crippen molar-refractivity contribution in [2.75, 3.05) is 26.2 Å². The van der Waals surface area contributed by atoms with Gasteiger partial charge in [0.2, 0.25) is 5.75 Å². The fourth-order valence-corrected chi connectivity index (χ4v) is 5.23. The summed E-state index contributed by atoms with van der Waals surface area (Å²) in [7, 11) is 4.68. The monoisotopic (exact) mass is 442 g/mol. The third-order valence-electron chi connectivity index (χ3n) is 4.78. The van der Waals surface area contributed by atoms with Gasteiger partial charge in [-0.05, 0) is 23.6 Å². The maximum absolute atomic E-state index is 8.84. The molecular weight excluding hydrogens is 420 g/mol. The average molecular weight is 443 g/mol. The summed E-state index contributed by atoms with van der Waals surface area (Å²) in [5.41, 5.74) is 8.38. The first kappa shape index (κ1) is 20.5. The highest BCUT2D eigenvalue weighted by atomic mass is 32.2. The number of anilines is 1. The molecule has 0 aliphatic carbocycles. The second-order valence-corrected chi connectivity index (χ2v) is 8.64. The predicted molar refractivity (Wildman–Crippen MR) is 122 cm³/mol. The van der Waals surface area contributed by atoms with E-state index in [2.05, 4.69) is 0 Å². The lowest BCUT2D eigenvalue weighted by atomic mass is 10.2. The third-order valence-corrected chi connectivity index (χ3v) is 6.90. The summed E-state index contributed by atoms with van der Waals surface area (Å²) >= 11 is 3.12. The van der Waals surface area contributed by atoms with Crippen molar-refractivity contribution in [2.24, 2.45) is 5.73 Å². The van der Waals surface area contributed by atoms with Gasteiger partial charge in [0.1, 0.15) is 16.6 Å². The molecule has 7 nitrogen and oxygen atoms in total. The molecule has 0 saturated carbocycles. The van der Waals surface area contributed by atoms with Crippen molar-refractivity contribution >= 4 is 34.6 Å². The number of thioether (sulfide) groups is 1. The number of aromatic nitrogens is 1. The number of nitrogens with zero attached hydrogens (tertiary/aromatic N) is 2. The second-order valence-electron chi connectivity index (χ2n) is 6.47. The van der Waals surface area contributed by atoms with Crippen LogP contribution in [0.25, 0.3) is 10.6 Å². The van der Waals surface area contributed by atoms with Gasteiger partial charge in [0.05, 0.1) is 43.3 Å². The Hall–Kier alpha value is -2.75. The molecule has 1 aliphatic rings. The van der Waals surface area contributed by atoms with E-state index in [4.69, 9.17) is 30.3 Å². The van der Waals surface area contributed by atoms with E-state index >= 15 is 0 Å². The Labute approximate surface area is 183 Å². The summed E-state index contributed by atoms with van der Waals surface area (Å²) in [5, 5.41) is 10.6. The molecule has 0 amide bonds. The number of rotatable bonds is 6. The van der Waals surface area contributed by atoms with Crippen molar-refractivity contribution in [1.29, 1.82) is 5.41 Å². The normalized spacial score (nSPS) is 18.5. The van der Waals surface area contributed by atoms with Gasteiger partial charge in [0.15, 0.2) is 11.5 Å². The van der Waals surface area contributed by atoms with E-state index in [1.165, 1.54) is 11.8 Å². The van der Waals surface area contributed by atoms with Gasteiger partial charge in [0, 0.05) is 12.1 Å². The average Bonchev–Trinajstić information content (AvgIpc) is 3.41. The molecule has 2 atom stereocenters. The fraction of sp³-hybridized carbons (Fsp3) is 0.238. The number of nitrogens with one attached hydrogen (secondary N) is 1. The van der Waals surface area contributed by atoms with Crippen molar-refractivity contribution in [3.63, 3.8) is 0 Å². The summed E-state index contributed by atoms with van der Waals surface area (Å²) in [5.74, 6) is 1.88. The number of hydrogen-bond acceptors (Lipinski definition) is 8. The largest absolute Gasteiger partial charge is 0.493 e. The van der Waals surface area contributed by atoms with Crippen LogP contribution in [-0.4, -0.2) is 37.6 Å². The van der Waals surface area contributed by atoms with Crippen molar-refractivity contribution in [2.45, 2.75) is 10.7 Å². The maximum atomic E-state index is 8.84. The highest BCUT2D eigenvalue weighted by Crippen LogP contribution is 2.47. The van der Waals surface area contributed by atoms with Crippen molar-refractivity contribution in [3.05, 3.63) is 53.5 Å². The van der Waals surface area contributed by atoms with Gasteiger partial charge in [-0.2, -0.15) is 0 Å². The predicted octanol–water partition coefficient (Wildman–Crippen LogP) is 4.35. The molecule has 0 bridgehead atoms. The van der Waals surface area contributed by atoms with Crippen LogP contribution in [-0.2, 0) is 0 Å². The van der Waals surface area contributed by atoms with Crippen molar-refractivity contribution in [3.8, 4) is 27.8 Å². The molecule has 4 rings (SSSR count). The molecule has 2 unspecified atom stereocenters. The lowest BCUT2D eigenvalue weighted by Crippen LogP contribution is -2.38. The SMILES string of the molecule is COc1cc(N2C(=N)C(c3cccc(-c4cccs4)n3)SC2N)cc(OC)c1OC. The van der Waals surface area contributed by atoms with Crippen LogP contribution < -0.4 is 24.8 Å². The number of thiophene rings is 1. The van der Waals surface area contributed by atoms with Crippen LogP contribution in [0.15, 0.2) is 47.8 Å². The maximum Gasteiger partial charge on any atom is 0.203 e. The quantitative estimate of drug-likeness (QED) is 0.586. The smallest absolute Gasteiger partial charge is 0.203 e. The van der Waals surface area contributed by atoms with E-state index < -0.39 is 5.50 Å². The number of benzene rings is 1. The van der Waals surface area contributed by atoms with E-state index in [0.717, 1.165) is 16.3 Å². The van der Waals surface area contributed by atoms with E-state index in [1.54, 1.807) is 49.7 Å². The van der Waals surface area contributed by atoms with Crippen LogP contribution in [0.3, 0.4) is 0 Å². The Kier molecular flexibility index (Phi) is 5.85. The lowest BCUT2D eigenvalue weighted by Gasteiger charge is -2.24. The zero-order valence-electron chi connectivity index (χ0n) is 16.8. The molecule has 3 heterocycles. The summed E-state index contributed by atoms with van der Waals surface area (Å²) in [6.07, 6.45) is 0. The van der Waals surface area contributed by atoms with E-state index in [-0.39, 0.29) is 5.25 Å². The molecule has 156 valence electrons. The molecule has 1 aromatic carbocycles. The Bertz CT molecular complexity index is 1030. The van der Waals surface area contributed by atoms with Crippen LogP contribution in [0.5, 0.6) is 17.2 Å². The molecule has 9 heteroatoms. The molecule has 3 aromatic rings. The minimum absolute atomic E-state index is 0.279. The van der Waals surface area contributed by atoms with Crippen LogP contribution in [0.1, 0.15) is 10.9 Å². The number of amidine groups is 1. The Balaban J connectivity index is 1.69. The van der Waals surface area contributed by atoms with E-state index in [9.17, 15) is 0 Å². The summed E-state index contributed by atoms with van der Waals surface area (Å²) in [6.45, 7) is 0. The molecule has 1 aliphatic heterocycles. The summed E-state index contributed by atoms with van der Waals surface area (Å²) in [4.78, 5) is 7.66. The topological polar surface area (TPSA) is 93.7 Å². The first-order valence-electron chi connectivity index (χ1n) is 9.17. The van der Waals surface area contributed by atoms with Gasteiger partial charge in [-0.25, -0.2) is 0 Å². The zero-order chi connectivity index (χ0) is 21.3. The van der Waals surface area contributed by atoms with Crippen LogP contribution >= 0.6 is 23.1 Å². The van der Waals surface area contributed by atoms with Crippen molar-refractivity contribution < 1.29 is 14.2 Å². The highest BCUT2D eigenvalue weighted by Gasteiger charge is 2.39. The van der Waals surface area contributed by atoms with Crippen LogP contribution in [0, 0.1) is 5.41 Å². The van der Waals surface area contributed by atoms with Crippen LogP contribution in [0.4, 0.5) is 5.69 Å². The molecule has 1 fully saturated rings. The number of pyridine rings is 1. The number of hydrogen-bond donors (Lipinski definition) is 2. The summed E-state index contributed by atoms with van der Waals surface area (Å²) in [6, 6.07) is 13.5. The molecule has 3 N–H and O–H groups in total. The van der Waals surface area contributed by atoms with Gasteiger partial charge in [0.25, 0.3) is 0 Å². The zero-order valence-corrected chi connectivity index (χ0v) is 18.4. The van der Waals surface area contributed by atoms with E-state index in [0.29, 0.717) is 28.8 Å². The number of ether oxygens (including phenoxy) is 3. The molecule has 2 aromatic heterocycles. The number of methoxy groups -OCH3 is 3. The van der Waals surface area contributed by atoms with Gasteiger partial charge < -0.3 is 24.8 Å². The van der Waals surface area contributed by atoms with Crippen molar-refractivity contribution in [1.82, 2.24) is 4.98 Å². The van der Waals surface area contributed by atoms with Gasteiger partial charge in [-0.3, -0.25) is 10.4 Å². The minimum atomic E-state index is -0.447. The Morgan fingerprint density at radius 2 is 1.77 bits per heavy atom. The third kappa shape index (κ3) is 3.60. The molecule has 1 saturated heterocycles. The Morgan fingerprint density at radius 1 is 1.03 bits per heavy atom. The molecule has 0 radical (unpaired) electrons. The fourth-order valence-electron chi connectivity index (χ4n) is 3.39. The summed E-state index contributed by atoms with van der Waals surface area (Å²) < 4.78 is 16.3. The first-order valence-corrected chi connectivity index (χ1v) is 11.0. The molecular formula is C21H22N4O3S2. The number of nitrogens with two attached hydrogens (primary N) is 1. The molecule has 30 heavy (non-hydrogen) atoms. The van der Waals surface area contributed by atoms with Gasteiger partial charge >= 0.3 is 0 Å². The van der Waals surface area contributed by atoms with Crippen LogP contribution in [0.2, 0.25) is 0 Å². The minimum Gasteiger partial charge on any atom is -0.493 e. The Morgan fingerprint density at radius 3 is 2.37 bits per heavy atom. The molecule has 0 spiro atoms. The second kappa shape index (κ2) is 8.55. The standard InChI is InChI=1S/C21H22N4O3S2/c1-26-15-10-12(11-16(27-2)18(15)28-3)25-20(22)19(30-21(25)23)14-7-4-6-13(24-14)17-8-5-9-29-17/h4-11,19,21-22H,23H2,1-3H3. The van der Waals surface area contributed by atoms with Gasteiger partial charge in [-0.1, -0.05) is 12.1 Å². The van der Waals surface area contributed by atoms with E-state index in [1.807, 2.05) is 35.7 Å². The van der Waals surface area contributed by atoms with Gasteiger partial charge in [-0.15, -0.1) is 23.1 Å². The first-order chi connectivity index (χ1) is 14.6.